The van der Waals surface area contributed by atoms with Crippen molar-refractivity contribution in [3.8, 4) is 40.1 Å². The number of benzene rings is 3. The van der Waals surface area contributed by atoms with Crippen LogP contribution in [0, 0.1) is 23.1 Å². The quantitative estimate of drug-likeness (QED) is 0.0893. The molecule has 3 aromatic carbocycles. The highest BCUT2D eigenvalue weighted by atomic mass is 28.3. The van der Waals surface area contributed by atoms with E-state index in [-0.39, 0.29) is 48.2 Å². The number of hydrogen-bond donors (Lipinski definition) is 0. The molecule has 4 atom stereocenters. The molecule has 12 heteroatoms. The summed E-state index contributed by atoms with van der Waals surface area (Å²) in [6.45, 7) is 14.7. The third-order valence-corrected chi connectivity index (χ3v) is 19.8. The number of halogens is 3. The average molecular weight is 801 g/mol. The molecule has 57 heavy (non-hydrogen) atoms. The van der Waals surface area contributed by atoms with Crippen molar-refractivity contribution < 1.29 is 32.1 Å². The van der Waals surface area contributed by atoms with Gasteiger partial charge in [0.05, 0.1) is 22.5 Å². The zero-order chi connectivity index (χ0) is 40.4. The van der Waals surface area contributed by atoms with Crippen LogP contribution in [-0.4, -0.2) is 87.4 Å². The predicted molar refractivity (Wildman–Crippen MR) is 222 cm³/mol. The molecular formula is C45H55F3N4O4Si. The third kappa shape index (κ3) is 6.71. The third-order valence-electron chi connectivity index (χ3n) is 13.5. The van der Waals surface area contributed by atoms with Gasteiger partial charge in [-0.25, -0.2) is 13.2 Å². The van der Waals surface area contributed by atoms with Gasteiger partial charge in [0.1, 0.15) is 55.6 Å². The fourth-order valence-corrected chi connectivity index (χ4v) is 16.0. The van der Waals surface area contributed by atoms with Crippen molar-refractivity contribution in [3.63, 3.8) is 0 Å². The monoisotopic (exact) mass is 800 g/mol. The number of hydrogen-bond acceptors (Lipinski definition) is 8. The molecule has 1 saturated carbocycles. The SMILES string of the molecule is COCOc1cc(-c2cc3c4c(nc(OC[C@@]56CCCN5C[C@H](F)C6)nc4c2F)N(C)[C@H]2CCC[C@H]2O3)c2c(C#C[Si](C(C)C)(C(C)C)C(C)C)c(F)ccc2c1. The van der Waals surface area contributed by atoms with E-state index in [1.165, 1.54) is 13.2 Å². The fourth-order valence-electron chi connectivity index (χ4n) is 10.8. The molecule has 0 N–H and O–H groups in total. The van der Waals surface area contributed by atoms with E-state index in [4.69, 9.17) is 28.9 Å². The first-order chi connectivity index (χ1) is 27.3. The molecule has 4 aromatic rings. The van der Waals surface area contributed by atoms with E-state index in [1.54, 1.807) is 18.2 Å². The van der Waals surface area contributed by atoms with Crippen molar-refractivity contribution in [2.45, 2.75) is 121 Å². The predicted octanol–water partition coefficient (Wildman–Crippen LogP) is 9.99. The summed E-state index contributed by atoms with van der Waals surface area (Å²) in [5.41, 5.74) is 5.08. The summed E-state index contributed by atoms with van der Waals surface area (Å²) in [6, 6.07) is 8.39. The van der Waals surface area contributed by atoms with Crippen molar-refractivity contribution in [1.82, 2.24) is 14.9 Å². The van der Waals surface area contributed by atoms with Crippen molar-refractivity contribution in [3.05, 3.63) is 47.5 Å². The number of alkyl halides is 1. The molecule has 1 aliphatic carbocycles. The molecule has 2 saturated heterocycles. The maximum atomic E-state index is 17.8. The molecule has 3 aliphatic heterocycles. The summed E-state index contributed by atoms with van der Waals surface area (Å²) < 4.78 is 73.2. The Bertz CT molecular complexity index is 2240. The second-order valence-electron chi connectivity index (χ2n) is 17.6. The van der Waals surface area contributed by atoms with Crippen molar-refractivity contribution >= 4 is 35.6 Å². The second kappa shape index (κ2) is 15.3. The summed E-state index contributed by atoms with van der Waals surface area (Å²) >= 11 is 0. The number of nitrogens with zero attached hydrogens (tertiary/aromatic N) is 4. The number of likely N-dealkylation sites (N-methyl/N-ethyl adjacent to an activating group) is 1. The van der Waals surface area contributed by atoms with Crippen LogP contribution in [0.3, 0.4) is 0 Å². The highest BCUT2D eigenvalue weighted by molar-refractivity contribution is 6.90. The van der Waals surface area contributed by atoms with E-state index in [1.807, 2.05) is 13.1 Å². The Morgan fingerprint density at radius 3 is 2.47 bits per heavy atom. The van der Waals surface area contributed by atoms with Crippen LogP contribution in [0.25, 0.3) is 32.8 Å². The number of aromatic nitrogens is 2. The van der Waals surface area contributed by atoms with Gasteiger partial charge in [-0.3, -0.25) is 4.90 Å². The van der Waals surface area contributed by atoms with Gasteiger partial charge in [-0.15, -0.1) is 5.54 Å². The Kier molecular flexibility index (Phi) is 10.7. The van der Waals surface area contributed by atoms with Gasteiger partial charge in [0.25, 0.3) is 0 Å². The van der Waals surface area contributed by atoms with Crippen molar-refractivity contribution in [1.29, 1.82) is 0 Å². The number of methoxy groups -OCH3 is 1. The number of ether oxygens (including phenoxy) is 4. The van der Waals surface area contributed by atoms with Gasteiger partial charge in [0.15, 0.2) is 12.6 Å². The van der Waals surface area contributed by atoms with Crippen LogP contribution in [0.15, 0.2) is 30.3 Å². The molecule has 3 fully saturated rings. The Hall–Kier alpha value is -4.05. The normalized spacial score (nSPS) is 23.3. The molecule has 4 heterocycles. The molecule has 0 bridgehead atoms. The zero-order valence-corrected chi connectivity index (χ0v) is 35.5. The minimum atomic E-state index is -2.29. The molecule has 1 aromatic heterocycles. The molecular weight excluding hydrogens is 746 g/mol. The largest absolute Gasteiger partial charge is 0.487 e. The van der Waals surface area contributed by atoms with Crippen molar-refractivity contribution in [2.24, 2.45) is 0 Å². The van der Waals surface area contributed by atoms with E-state index in [2.05, 4.69) is 62.8 Å². The Morgan fingerprint density at radius 1 is 0.965 bits per heavy atom. The Morgan fingerprint density at radius 2 is 1.74 bits per heavy atom. The lowest BCUT2D eigenvalue weighted by molar-refractivity contribution is 0.0512. The summed E-state index contributed by atoms with van der Waals surface area (Å²) in [7, 11) is 1.21. The molecule has 0 unspecified atom stereocenters. The average Bonchev–Trinajstić information content (AvgIpc) is 3.86. The Balaban J connectivity index is 1.36. The topological polar surface area (TPSA) is 69.2 Å². The highest BCUT2D eigenvalue weighted by Crippen LogP contribution is 2.48. The van der Waals surface area contributed by atoms with Gasteiger partial charge in [0, 0.05) is 38.1 Å². The van der Waals surface area contributed by atoms with Crippen LogP contribution in [-0.2, 0) is 4.74 Å². The standard InChI is InChI=1S/C45H55F3N4O4Si/c1-26(2)57(27(3)4,28(5)6)18-15-32-35(47)14-13-29-19-31(55-25-53-8)20-33(39(29)32)34-21-38-40-42(41(34)48)49-44(50-43(40)51(7)36-11-9-12-37(36)56-38)54-24-45-16-10-17-52(45)23-30(46)22-45/h13-14,19-21,26-28,30,36-37H,9-12,16-17,22-25H2,1-8H3/t30-,36+,37-,45+/m1/s1. The van der Waals surface area contributed by atoms with Crippen LogP contribution < -0.4 is 19.1 Å². The summed E-state index contributed by atoms with van der Waals surface area (Å²) in [6.07, 6.45) is 3.79. The summed E-state index contributed by atoms with van der Waals surface area (Å²) in [5.74, 6) is 3.68. The van der Waals surface area contributed by atoms with E-state index in [0.717, 1.165) is 38.6 Å². The summed E-state index contributed by atoms with van der Waals surface area (Å²) in [4.78, 5) is 13.9. The second-order valence-corrected chi connectivity index (χ2v) is 23.2. The first kappa shape index (κ1) is 39.8. The molecule has 0 radical (unpaired) electrons. The fraction of sp³-hybridized carbons (Fsp3) is 0.556. The number of fused-ring (bicyclic) bond motifs is 3. The van der Waals surface area contributed by atoms with Gasteiger partial charge < -0.3 is 23.8 Å². The molecule has 0 spiro atoms. The van der Waals surface area contributed by atoms with Crippen molar-refractivity contribution in [2.75, 3.05) is 45.5 Å². The van der Waals surface area contributed by atoms with Crippen LogP contribution in [0.5, 0.6) is 17.5 Å². The molecule has 0 amide bonds. The minimum absolute atomic E-state index is 0.00999. The van der Waals surface area contributed by atoms with Gasteiger partial charge in [-0.05, 0) is 90.5 Å². The molecule has 8 rings (SSSR count). The zero-order valence-electron chi connectivity index (χ0n) is 34.5. The lowest BCUT2D eigenvalue weighted by Crippen LogP contribution is -2.43. The van der Waals surface area contributed by atoms with Gasteiger partial charge >= 0.3 is 6.01 Å². The van der Waals surface area contributed by atoms with Gasteiger partial charge in [-0.1, -0.05) is 53.5 Å². The maximum Gasteiger partial charge on any atom is 0.319 e. The van der Waals surface area contributed by atoms with E-state index in [0.29, 0.717) is 68.6 Å². The maximum absolute atomic E-state index is 17.8. The van der Waals surface area contributed by atoms with Gasteiger partial charge in [-0.2, -0.15) is 9.97 Å². The van der Waals surface area contributed by atoms with Crippen LogP contribution in [0.2, 0.25) is 16.6 Å². The Labute approximate surface area is 335 Å². The molecule has 8 nitrogen and oxygen atoms in total. The first-order valence-corrected chi connectivity index (χ1v) is 22.9. The van der Waals surface area contributed by atoms with Crippen LogP contribution in [0.1, 0.15) is 85.6 Å². The smallest absolute Gasteiger partial charge is 0.319 e. The van der Waals surface area contributed by atoms with E-state index >= 15 is 8.78 Å². The highest BCUT2D eigenvalue weighted by Gasteiger charge is 2.50. The lowest BCUT2D eigenvalue weighted by atomic mass is 9.92. The van der Waals surface area contributed by atoms with E-state index in [9.17, 15) is 4.39 Å². The first-order valence-electron chi connectivity index (χ1n) is 20.6. The van der Waals surface area contributed by atoms with Gasteiger partial charge in [0.2, 0.25) is 0 Å². The van der Waals surface area contributed by atoms with E-state index < -0.39 is 31.4 Å². The molecule has 4 aliphatic rings. The van der Waals surface area contributed by atoms with Crippen LogP contribution in [0.4, 0.5) is 19.0 Å². The number of anilines is 1. The summed E-state index contributed by atoms with van der Waals surface area (Å²) in [5, 5.41) is 1.58. The minimum Gasteiger partial charge on any atom is -0.487 e. The van der Waals surface area contributed by atoms with Crippen LogP contribution >= 0.6 is 0 Å². The number of rotatable bonds is 10. The molecule has 304 valence electrons. The lowest BCUT2D eigenvalue weighted by Gasteiger charge is -2.38.